The second-order valence-electron chi connectivity index (χ2n) is 4.03. The molecule has 0 fully saturated rings. The Hall–Kier alpha value is -2.15. The smallest absolute Gasteiger partial charge is 0.0661 e. The van der Waals surface area contributed by atoms with Crippen LogP contribution in [0.4, 0.5) is 5.69 Å². The maximum absolute atomic E-state index is 4.48. The fourth-order valence-corrected chi connectivity index (χ4v) is 1.78. The van der Waals surface area contributed by atoms with E-state index in [0.717, 1.165) is 12.1 Å². The minimum Gasteiger partial charge on any atom is -0.257 e. The maximum atomic E-state index is 4.48. The van der Waals surface area contributed by atoms with Crippen molar-refractivity contribution in [2.24, 2.45) is 4.99 Å². The molecule has 0 bridgehead atoms. The summed E-state index contributed by atoms with van der Waals surface area (Å²) >= 11 is 0. The number of aryl methyl sites for hydroxylation is 1. The van der Waals surface area contributed by atoms with Crippen LogP contribution < -0.4 is 0 Å². The first kappa shape index (κ1) is 12.3. The van der Waals surface area contributed by atoms with E-state index in [0.29, 0.717) is 0 Å². The molecule has 0 spiro atoms. The SMILES string of the molecule is CCc1ccccc1N=CC=Cc1ccccc1. The highest BCUT2D eigenvalue weighted by Gasteiger charge is 1.94. The zero-order chi connectivity index (χ0) is 12.6. The number of hydrogen-bond acceptors (Lipinski definition) is 1. The molecule has 90 valence electrons. The minimum atomic E-state index is 1.01. The predicted molar refractivity (Wildman–Crippen MR) is 79.4 cm³/mol. The van der Waals surface area contributed by atoms with E-state index in [-0.39, 0.29) is 0 Å². The first-order valence-electron chi connectivity index (χ1n) is 6.24. The summed E-state index contributed by atoms with van der Waals surface area (Å²) < 4.78 is 0. The molecular formula is C17H17N. The van der Waals surface area contributed by atoms with Gasteiger partial charge in [-0.2, -0.15) is 0 Å². The zero-order valence-corrected chi connectivity index (χ0v) is 10.6. The molecule has 0 saturated heterocycles. The number of benzene rings is 2. The van der Waals surface area contributed by atoms with Gasteiger partial charge in [-0.3, -0.25) is 4.99 Å². The van der Waals surface area contributed by atoms with E-state index in [9.17, 15) is 0 Å². The molecule has 0 aliphatic rings. The largest absolute Gasteiger partial charge is 0.257 e. The highest BCUT2D eigenvalue weighted by atomic mass is 14.7. The molecule has 18 heavy (non-hydrogen) atoms. The van der Waals surface area contributed by atoms with Crippen LogP contribution >= 0.6 is 0 Å². The number of para-hydroxylation sites is 1. The number of aliphatic imine (C=N–C) groups is 1. The summed E-state index contributed by atoms with van der Waals surface area (Å²) in [5.41, 5.74) is 3.52. The van der Waals surface area contributed by atoms with Gasteiger partial charge in [-0.15, -0.1) is 0 Å². The van der Waals surface area contributed by atoms with Crippen molar-refractivity contribution in [2.45, 2.75) is 13.3 Å². The predicted octanol–water partition coefficient (Wildman–Crippen LogP) is 4.66. The number of nitrogens with zero attached hydrogens (tertiary/aromatic N) is 1. The molecule has 0 unspecified atom stereocenters. The van der Waals surface area contributed by atoms with Gasteiger partial charge in [0.05, 0.1) is 5.69 Å². The van der Waals surface area contributed by atoms with Crippen molar-refractivity contribution in [3.63, 3.8) is 0 Å². The molecular weight excluding hydrogens is 218 g/mol. The first-order valence-corrected chi connectivity index (χ1v) is 6.24. The van der Waals surface area contributed by atoms with Crippen LogP contribution in [0.15, 0.2) is 65.7 Å². The van der Waals surface area contributed by atoms with Gasteiger partial charge in [-0.05, 0) is 29.7 Å². The average Bonchev–Trinajstić information content (AvgIpc) is 2.45. The second-order valence-corrected chi connectivity index (χ2v) is 4.03. The second kappa shape index (κ2) is 6.55. The fourth-order valence-electron chi connectivity index (χ4n) is 1.78. The Labute approximate surface area is 109 Å². The summed E-state index contributed by atoms with van der Waals surface area (Å²) in [4.78, 5) is 4.48. The van der Waals surface area contributed by atoms with E-state index in [2.05, 4.69) is 42.3 Å². The third-order valence-electron chi connectivity index (χ3n) is 2.76. The highest BCUT2D eigenvalue weighted by molar-refractivity contribution is 5.80. The lowest BCUT2D eigenvalue weighted by atomic mass is 10.1. The van der Waals surface area contributed by atoms with Crippen LogP contribution in [-0.4, -0.2) is 6.21 Å². The topological polar surface area (TPSA) is 12.4 Å². The van der Waals surface area contributed by atoms with Gasteiger partial charge < -0.3 is 0 Å². The molecule has 0 aliphatic heterocycles. The van der Waals surface area contributed by atoms with E-state index in [4.69, 9.17) is 0 Å². The van der Waals surface area contributed by atoms with Crippen molar-refractivity contribution in [3.05, 3.63) is 71.8 Å². The molecule has 0 aromatic heterocycles. The van der Waals surface area contributed by atoms with Gasteiger partial charge in [0.1, 0.15) is 0 Å². The Bertz CT molecular complexity index is 539. The molecule has 0 radical (unpaired) electrons. The van der Waals surface area contributed by atoms with Crippen molar-refractivity contribution >= 4 is 18.0 Å². The van der Waals surface area contributed by atoms with Gasteiger partial charge in [0, 0.05) is 6.21 Å². The van der Waals surface area contributed by atoms with Gasteiger partial charge >= 0.3 is 0 Å². The molecule has 0 heterocycles. The summed E-state index contributed by atoms with van der Waals surface area (Å²) in [6.07, 6.45) is 6.89. The third kappa shape index (κ3) is 3.42. The summed E-state index contributed by atoms with van der Waals surface area (Å²) in [7, 11) is 0. The Balaban J connectivity index is 2.06. The molecule has 0 atom stereocenters. The fraction of sp³-hybridized carbons (Fsp3) is 0.118. The lowest BCUT2D eigenvalue weighted by molar-refractivity contribution is 1.13. The molecule has 0 N–H and O–H groups in total. The molecule has 1 heteroatoms. The van der Waals surface area contributed by atoms with Crippen LogP contribution in [0.25, 0.3) is 6.08 Å². The summed E-state index contributed by atoms with van der Waals surface area (Å²) in [6.45, 7) is 2.15. The molecule has 2 aromatic carbocycles. The number of allylic oxidation sites excluding steroid dienone is 1. The zero-order valence-electron chi connectivity index (χ0n) is 10.6. The van der Waals surface area contributed by atoms with Crippen LogP contribution in [0.3, 0.4) is 0 Å². The van der Waals surface area contributed by atoms with Crippen LogP contribution in [-0.2, 0) is 6.42 Å². The summed E-state index contributed by atoms with van der Waals surface area (Å²) in [5, 5.41) is 0. The molecule has 0 saturated carbocycles. The van der Waals surface area contributed by atoms with E-state index < -0.39 is 0 Å². The van der Waals surface area contributed by atoms with Crippen molar-refractivity contribution < 1.29 is 0 Å². The maximum Gasteiger partial charge on any atom is 0.0661 e. The Morgan fingerprint density at radius 2 is 1.67 bits per heavy atom. The summed E-state index contributed by atoms with van der Waals surface area (Å²) in [6, 6.07) is 18.5. The average molecular weight is 235 g/mol. The Morgan fingerprint density at radius 3 is 2.44 bits per heavy atom. The van der Waals surface area contributed by atoms with Crippen LogP contribution in [0.1, 0.15) is 18.1 Å². The lowest BCUT2D eigenvalue weighted by Crippen LogP contribution is -1.80. The van der Waals surface area contributed by atoms with E-state index in [1.807, 2.05) is 42.6 Å². The Kier molecular flexibility index (Phi) is 4.48. The molecule has 0 amide bonds. The van der Waals surface area contributed by atoms with Crippen molar-refractivity contribution in [2.75, 3.05) is 0 Å². The standard InChI is InChI=1S/C17H17N/c1-2-16-12-6-7-13-17(16)18-14-8-11-15-9-4-3-5-10-15/h3-14H,2H2,1H3. The van der Waals surface area contributed by atoms with Crippen LogP contribution in [0.2, 0.25) is 0 Å². The quantitative estimate of drug-likeness (QED) is 0.683. The van der Waals surface area contributed by atoms with Crippen molar-refractivity contribution in [3.8, 4) is 0 Å². The van der Waals surface area contributed by atoms with E-state index >= 15 is 0 Å². The van der Waals surface area contributed by atoms with Gasteiger partial charge in [0.15, 0.2) is 0 Å². The highest BCUT2D eigenvalue weighted by Crippen LogP contribution is 2.18. The number of hydrogen-bond donors (Lipinski definition) is 0. The van der Waals surface area contributed by atoms with Gasteiger partial charge in [-0.1, -0.05) is 61.5 Å². The lowest BCUT2D eigenvalue weighted by Gasteiger charge is -2.00. The van der Waals surface area contributed by atoms with Crippen molar-refractivity contribution in [1.82, 2.24) is 0 Å². The Morgan fingerprint density at radius 1 is 0.944 bits per heavy atom. The van der Waals surface area contributed by atoms with Crippen molar-refractivity contribution in [1.29, 1.82) is 0 Å². The van der Waals surface area contributed by atoms with Crippen LogP contribution in [0.5, 0.6) is 0 Å². The van der Waals surface area contributed by atoms with Gasteiger partial charge in [0.2, 0.25) is 0 Å². The van der Waals surface area contributed by atoms with Gasteiger partial charge in [-0.25, -0.2) is 0 Å². The molecule has 2 aromatic rings. The van der Waals surface area contributed by atoms with E-state index in [1.54, 1.807) is 0 Å². The molecule has 1 nitrogen and oxygen atoms in total. The van der Waals surface area contributed by atoms with Gasteiger partial charge in [0.25, 0.3) is 0 Å². The van der Waals surface area contributed by atoms with E-state index in [1.165, 1.54) is 11.1 Å². The van der Waals surface area contributed by atoms with Crippen LogP contribution in [0, 0.1) is 0 Å². The first-order chi connectivity index (χ1) is 8.90. The molecule has 0 aliphatic carbocycles. The normalized spacial score (nSPS) is 11.4. The molecule has 2 rings (SSSR count). The third-order valence-corrected chi connectivity index (χ3v) is 2.76. The number of rotatable bonds is 4. The minimum absolute atomic E-state index is 1.01. The summed E-state index contributed by atoms with van der Waals surface area (Å²) in [5.74, 6) is 0. The monoisotopic (exact) mass is 235 g/mol.